The SMILES string of the molecule is CNc1cc(C)nc([C@@]2(C)CCCN(C(=O)c3ccc(OCc4ccccn4)c(OC)c3)C2)n1. The second-order valence-electron chi connectivity index (χ2n) is 8.83. The van der Waals surface area contributed by atoms with Gasteiger partial charge in [0.25, 0.3) is 5.91 Å². The van der Waals surface area contributed by atoms with Crippen LogP contribution in [0.2, 0.25) is 0 Å². The predicted molar refractivity (Wildman–Crippen MR) is 130 cm³/mol. The van der Waals surface area contributed by atoms with Gasteiger partial charge in [-0.1, -0.05) is 13.0 Å². The van der Waals surface area contributed by atoms with E-state index in [1.54, 1.807) is 31.5 Å². The van der Waals surface area contributed by atoms with Crippen LogP contribution in [0.1, 0.15) is 47.3 Å². The highest BCUT2D eigenvalue weighted by Crippen LogP contribution is 2.34. The molecule has 178 valence electrons. The first kappa shape index (κ1) is 23.5. The molecule has 8 heteroatoms. The molecule has 1 saturated heterocycles. The number of aryl methyl sites for hydroxylation is 1. The number of aromatic nitrogens is 3. The zero-order valence-corrected chi connectivity index (χ0v) is 20.2. The first-order valence-electron chi connectivity index (χ1n) is 11.5. The summed E-state index contributed by atoms with van der Waals surface area (Å²) in [5, 5.41) is 3.10. The van der Waals surface area contributed by atoms with E-state index in [1.165, 1.54) is 0 Å². The minimum Gasteiger partial charge on any atom is -0.493 e. The highest BCUT2D eigenvalue weighted by molar-refractivity contribution is 5.95. The zero-order valence-electron chi connectivity index (χ0n) is 20.2. The molecule has 4 rings (SSSR count). The van der Waals surface area contributed by atoms with E-state index in [1.807, 2.05) is 43.1 Å². The Bertz CT molecular complexity index is 1150. The normalized spacial score (nSPS) is 17.8. The maximum absolute atomic E-state index is 13.4. The average molecular weight is 462 g/mol. The molecule has 3 aromatic rings. The van der Waals surface area contributed by atoms with E-state index in [4.69, 9.17) is 19.4 Å². The van der Waals surface area contributed by atoms with Crippen molar-refractivity contribution in [1.82, 2.24) is 19.9 Å². The highest BCUT2D eigenvalue weighted by Gasteiger charge is 2.37. The molecule has 1 amide bonds. The van der Waals surface area contributed by atoms with Crippen LogP contribution in [-0.2, 0) is 12.0 Å². The van der Waals surface area contributed by atoms with E-state index in [0.29, 0.717) is 36.8 Å². The third kappa shape index (κ3) is 5.11. The number of hydrogen-bond donors (Lipinski definition) is 1. The molecule has 1 atom stereocenters. The van der Waals surface area contributed by atoms with Crippen LogP contribution in [0, 0.1) is 6.92 Å². The summed E-state index contributed by atoms with van der Waals surface area (Å²) < 4.78 is 11.4. The summed E-state index contributed by atoms with van der Waals surface area (Å²) in [5.41, 5.74) is 1.97. The van der Waals surface area contributed by atoms with Crippen LogP contribution in [0.5, 0.6) is 11.5 Å². The van der Waals surface area contributed by atoms with Crippen LogP contribution in [0.3, 0.4) is 0 Å². The predicted octanol–water partition coefficient (Wildman–Crippen LogP) is 4.00. The molecule has 1 fully saturated rings. The first-order valence-corrected chi connectivity index (χ1v) is 11.5. The number of piperidine rings is 1. The average Bonchev–Trinajstić information content (AvgIpc) is 2.87. The molecule has 0 spiro atoms. The quantitative estimate of drug-likeness (QED) is 0.569. The molecule has 0 bridgehead atoms. The Hall–Kier alpha value is -3.68. The maximum atomic E-state index is 13.4. The molecule has 1 aliphatic rings. The van der Waals surface area contributed by atoms with E-state index in [0.717, 1.165) is 35.9 Å². The lowest BCUT2D eigenvalue weighted by atomic mass is 9.80. The van der Waals surface area contributed by atoms with Crippen molar-refractivity contribution < 1.29 is 14.3 Å². The number of benzene rings is 1. The number of methoxy groups -OCH3 is 1. The van der Waals surface area contributed by atoms with Gasteiger partial charge < -0.3 is 19.7 Å². The van der Waals surface area contributed by atoms with E-state index in [2.05, 4.69) is 17.2 Å². The first-order chi connectivity index (χ1) is 16.4. The summed E-state index contributed by atoms with van der Waals surface area (Å²) in [7, 11) is 3.42. The fourth-order valence-electron chi connectivity index (χ4n) is 4.30. The molecule has 0 unspecified atom stereocenters. The molecular formula is C26H31N5O3. The number of pyridine rings is 1. The van der Waals surface area contributed by atoms with Gasteiger partial charge in [0.2, 0.25) is 0 Å². The molecule has 1 aromatic carbocycles. The van der Waals surface area contributed by atoms with Crippen LogP contribution < -0.4 is 14.8 Å². The van der Waals surface area contributed by atoms with Gasteiger partial charge in [-0.2, -0.15) is 0 Å². The summed E-state index contributed by atoms with van der Waals surface area (Å²) in [6.07, 6.45) is 3.54. The van der Waals surface area contributed by atoms with Crippen molar-refractivity contribution in [2.75, 3.05) is 32.6 Å². The lowest BCUT2D eigenvalue weighted by Gasteiger charge is -2.39. The Balaban J connectivity index is 1.51. The Morgan fingerprint density at radius 2 is 2.03 bits per heavy atom. The molecular weight excluding hydrogens is 430 g/mol. The van der Waals surface area contributed by atoms with Gasteiger partial charge in [-0.3, -0.25) is 9.78 Å². The summed E-state index contributed by atoms with van der Waals surface area (Å²) >= 11 is 0. The highest BCUT2D eigenvalue weighted by atomic mass is 16.5. The fraction of sp³-hybridized carbons (Fsp3) is 0.385. The minimum atomic E-state index is -0.318. The Morgan fingerprint density at radius 1 is 1.18 bits per heavy atom. The van der Waals surface area contributed by atoms with E-state index >= 15 is 0 Å². The van der Waals surface area contributed by atoms with Crippen LogP contribution in [0.25, 0.3) is 0 Å². The summed E-state index contributed by atoms with van der Waals surface area (Å²) in [5.74, 6) is 2.61. The molecule has 3 heterocycles. The Labute approximate surface area is 200 Å². The van der Waals surface area contributed by atoms with Gasteiger partial charge in [-0.15, -0.1) is 0 Å². The van der Waals surface area contributed by atoms with Crippen molar-refractivity contribution in [3.05, 3.63) is 71.4 Å². The van der Waals surface area contributed by atoms with Crippen molar-refractivity contribution in [2.24, 2.45) is 0 Å². The molecule has 0 saturated carbocycles. The zero-order chi connectivity index (χ0) is 24.1. The summed E-state index contributed by atoms with van der Waals surface area (Å²) in [6.45, 7) is 5.67. The van der Waals surface area contributed by atoms with Crippen LogP contribution >= 0.6 is 0 Å². The maximum Gasteiger partial charge on any atom is 0.254 e. The second kappa shape index (κ2) is 10.1. The standard InChI is InChI=1S/C26H31N5O3/c1-18-14-23(27-3)30-25(29-18)26(2)11-7-13-31(17-26)24(32)19-9-10-21(22(15-19)33-4)34-16-20-8-5-6-12-28-20/h5-6,8-10,12,14-15H,7,11,13,16-17H2,1-4H3,(H,27,29,30)/t26-/m0/s1. The summed E-state index contributed by atoms with van der Waals surface area (Å²) in [4.78, 5) is 29.0. The van der Waals surface area contributed by atoms with E-state index in [9.17, 15) is 4.79 Å². The van der Waals surface area contributed by atoms with E-state index in [-0.39, 0.29) is 11.3 Å². The van der Waals surface area contributed by atoms with Gasteiger partial charge >= 0.3 is 0 Å². The summed E-state index contributed by atoms with van der Waals surface area (Å²) in [6, 6.07) is 12.9. The number of rotatable bonds is 7. The van der Waals surface area contributed by atoms with Crippen molar-refractivity contribution in [1.29, 1.82) is 0 Å². The molecule has 0 radical (unpaired) electrons. The molecule has 1 aliphatic heterocycles. The minimum absolute atomic E-state index is 0.0398. The smallest absolute Gasteiger partial charge is 0.254 e. The third-order valence-electron chi connectivity index (χ3n) is 6.15. The molecule has 0 aliphatic carbocycles. The van der Waals surface area contributed by atoms with Gasteiger partial charge in [0.1, 0.15) is 18.2 Å². The van der Waals surface area contributed by atoms with Crippen molar-refractivity contribution in [2.45, 2.75) is 38.7 Å². The van der Waals surface area contributed by atoms with Crippen LogP contribution in [-0.4, -0.2) is 53.0 Å². The van der Waals surface area contributed by atoms with Gasteiger partial charge in [0.15, 0.2) is 11.5 Å². The van der Waals surface area contributed by atoms with Gasteiger partial charge in [0.05, 0.1) is 12.8 Å². The lowest BCUT2D eigenvalue weighted by molar-refractivity contribution is 0.0643. The number of ether oxygens (including phenoxy) is 2. The largest absolute Gasteiger partial charge is 0.493 e. The topological polar surface area (TPSA) is 89.5 Å². The molecule has 2 aromatic heterocycles. The fourth-order valence-corrected chi connectivity index (χ4v) is 4.30. The van der Waals surface area contributed by atoms with Crippen molar-refractivity contribution >= 4 is 11.7 Å². The Morgan fingerprint density at radius 3 is 2.76 bits per heavy atom. The molecule has 34 heavy (non-hydrogen) atoms. The lowest BCUT2D eigenvalue weighted by Crippen LogP contribution is -2.48. The second-order valence-corrected chi connectivity index (χ2v) is 8.83. The number of nitrogens with one attached hydrogen (secondary N) is 1. The number of likely N-dealkylation sites (tertiary alicyclic amines) is 1. The van der Waals surface area contributed by atoms with Crippen molar-refractivity contribution in [3.63, 3.8) is 0 Å². The number of carbonyl (C=O) groups excluding carboxylic acids is 1. The third-order valence-corrected chi connectivity index (χ3v) is 6.15. The Kier molecular flexibility index (Phi) is 6.95. The number of nitrogens with zero attached hydrogens (tertiary/aromatic N) is 4. The number of anilines is 1. The van der Waals surface area contributed by atoms with Crippen molar-refractivity contribution in [3.8, 4) is 11.5 Å². The van der Waals surface area contributed by atoms with Gasteiger partial charge in [-0.05, 0) is 50.1 Å². The number of amides is 1. The van der Waals surface area contributed by atoms with Gasteiger partial charge in [-0.25, -0.2) is 9.97 Å². The van der Waals surface area contributed by atoms with E-state index < -0.39 is 0 Å². The molecule has 1 N–H and O–H groups in total. The number of hydrogen-bond acceptors (Lipinski definition) is 7. The monoisotopic (exact) mass is 461 g/mol. The van der Waals surface area contributed by atoms with Gasteiger partial charge in [0, 0.05) is 49.1 Å². The van der Waals surface area contributed by atoms with Crippen LogP contribution in [0.15, 0.2) is 48.7 Å². The number of carbonyl (C=O) groups is 1. The molecule has 8 nitrogen and oxygen atoms in total. The van der Waals surface area contributed by atoms with Crippen LogP contribution in [0.4, 0.5) is 5.82 Å².